The highest BCUT2D eigenvalue weighted by molar-refractivity contribution is 6.30. The van der Waals surface area contributed by atoms with Crippen molar-refractivity contribution in [1.82, 2.24) is 4.68 Å². The molecule has 1 N–H and O–H groups in total. The van der Waals surface area contributed by atoms with Gasteiger partial charge in [-0.15, -0.1) is 0 Å². The molecule has 1 aromatic carbocycles. The van der Waals surface area contributed by atoms with Crippen LogP contribution in [0.2, 0.25) is 5.02 Å². The van der Waals surface area contributed by atoms with Crippen LogP contribution in [0.15, 0.2) is 30.3 Å². The predicted octanol–water partition coefficient (Wildman–Crippen LogP) is 3.81. The number of aromatic nitrogens is 1. The first kappa shape index (κ1) is 12.1. The lowest BCUT2D eigenvalue weighted by Crippen LogP contribution is -2.17. The largest absolute Gasteiger partial charge is 0.322 e. The van der Waals surface area contributed by atoms with Gasteiger partial charge in [-0.3, -0.25) is 4.68 Å². The third-order valence-electron chi connectivity index (χ3n) is 3.00. The molecule has 0 aliphatic heterocycles. The first-order chi connectivity index (χ1) is 8.08. The summed E-state index contributed by atoms with van der Waals surface area (Å²) in [5, 5.41) is 0.791. The van der Waals surface area contributed by atoms with Gasteiger partial charge in [-0.1, -0.05) is 17.7 Å². The van der Waals surface area contributed by atoms with Gasteiger partial charge in [0.05, 0.1) is 6.54 Å². The quantitative estimate of drug-likeness (QED) is 0.874. The predicted molar refractivity (Wildman–Crippen MR) is 73.2 cm³/mol. The molecule has 2 nitrogen and oxygen atoms in total. The summed E-state index contributed by atoms with van der Waals surface area (Å²) in [6, 6.07) is 10.2. The lowest BCUT2D eigenvalue weighted by molar-refractivity contribution is 0.790. The van der Waals surface area contributed by atoms with E-state index in [1.54, 1.807) is 0 Å². The highest BCUT2D eigenvalue weighted by atomic mass is 35.5. The Hall–Kier alpha value is -1.41. The van der Waals surface area contributed by atoms with E-state index < -0.39 is 0 Å². The Morgan fingerprint density at radius 3 is 2.29 bits per heavy atom. The van der Waals surface area contributed by atoms with Gasteiger partial charge in [0, 0.05) is 16.4 Å². The van der Waals surface area contributed by atoms with Crippen LogP contribution < -0.4 is 5.43 Å². The third kappa shape index (κ3) is 2.64. The molecule has 1 aromatic heterocycles. The monoisotopic (exact) mass is 248 g/mol. The van der Waals surface area contributed by atoms with Crippen LogP contribution in [0.25, 0.3) is 0 Å². The first-order valence-electron chi connectivity index (χ1n) is 5.72. The first-order valence-corrected chi connectivity index (χ1v) is 6.09. The van der Waals surface area contributed by atoms with Crippen molar-refractivity contribution < 1.29 is 0 Å². The van der Waals surface area contributed by atoms with Gasteiger partial charge in [0.25, 0.3) is 0 Å². The number of hydrogen-bond acceptors (Lipinski definition) is 1. The van der Waals surface area contributed by atoms with Crippen molar-refractivity contribution in [1.29, 1.82) is 0 Å². The maximum Gasteiger partial charge on any atom is 0.0566 e. The molecule has 3 heteroatoms. The third-order valence-corrected chi connectivity index (χ3v) is 3.24. The minimum absolute atomic E-state index is 0.791. The van der Waals surface area contributed by atoms with Crippen LogP contribution in [0, 0.1) is 20.8 Å². The minimum atomic E-state index is 0.791. The number of nitrogens with one attached hydrogen (secondary N) is 1. The van der Waals surface area contributed by atoms with Crippen molar-refractivity contribution in [3.63, 3.8) is 0 Å². The molecule has 0 spiro atoms. The van der Waals surface area contributed by atoms with Crippen molar-refractivity contribution >= 4 is 11.6 Å². The summed E-state index contributed by atoms with van der Waals surface area (Å²) in [6.45, 7) is 7.07. The van der Waals surface area contributed by atoms with E-state index in [-0.39, 0.29) is 0 Å². The second kappa shape index (κ2) is 4.84. The Bertz CT molecular complexity index is 510. The summed E-state index contributed by atoms with van der Waals surface area (Å²) in [5.41, 5.74) is 8.33. The van der Waals surface area contributed by atoms with Crippen molar-refractivity contribution in [3.8, 4) is 0 Å². The number of nitrogens with zero attached hydrogens (tertiary/aromatic N) is 1. The number of hydrogen-bond donors (Lipinski definition) is 1. The molecule has 0 saturated carbocycles. The van der Waals surface area contributed by atoms with Crippen LogP contribution in [0.4, 0.5) is 0 Å². The summed E-state index contributed by atoms with van der Waals surface area (Å²) in [6.07, 6.45) is 0. The molecular weight excluding hydrogens is 232 g/mol. The van der Waals surface area contributed by atoms with Crippen LogP contribution >= 0.6 is 11.6 Å². The Balaban J connectivity index is 2.13. The lowest BCUT2D eigenvalue weighted by atomic mass is 10.1. The van der Waals surface area contributed by atoms with E-state index in [1.807, 2.05) is 12.1 Å². The van der Waals surface area contributed by atoms with E-state index >= 15 is 0 Å². The Kier molecular flexibility index (Phi) is 3.43. The second-order valence-electron chi connectivity index (χ2n) is 4.36. The van der Waals surface area contributed by atoms with Gasteiger partial charge in [0.15, 0.2) is 0 Å². The van der Waals surface area contributed by atoms with Crippen molar-refractivity contribution in [2.45, 2.75) is 27.3 Å². The molecule has 0 aliphatic rings. The molecule has 90 valence electrons. The molecule has 0 bridgehead atoms. The highest BCUT2D eigenvalue weighted by Crippen LogP contribution is 2.15. The molecule has 0 amide bonds. The minimum Gasteiger partial charge on any atom is -0.322 e. The summed E-state index contributed by atoms with van der Waals surface area (Å²) in [4.78, 5) is 0. The zero-order chi connectivity index (χ0) is 12.4. The van der Waals surface area contributed by atoms with E-state index in [9.17, 15) is 0 Å². The SMILES string of the molecule is Cc1cc(Cl)ccc1CNn1c(C)ccc1C. The summed E-state index contributed by atoms with van der Waals surface area (Å²) in [5.74, 6) is 0. The number of halogens is 1. The van der Waals surface area contributed by atoms with E-state index in [4.69, 9.17) is 11.6 Å². The van der Waals surface area contributed by atoms with Crippen LogP contribution in [0.1, 0.15) is 22.5 Å². The number of rotatable bonds is 3. The fourth-order valence-corrected chi connectivity index (χ4v) is 2.17. The van der Waals surface area contributed by atoms with Gasteiger partial charge >= 0.3 is 0 Å². The van der Waals surface area contributed by atoms with Crippen LogP contribution in [-0.2, 0) is 6.54 Å². The summed E-state index contributed by atoms with van der Waals surface area (Å²) in [7, 11) is 0. The molecule has 0 unspecified atom stereocenters. The van der Waals surface area contributed by atoms with Gasteiger partial charge in [-0.2, -0.15) is 0 Å². The smallest absolute Gasteiger partial charge is 0.0566 e. The maximum atomic E-state index is 5.94. The maximum absolute atomic E-state index is 5.94. The molecule has 2 rings (SSSR count). The highest BCUT2D eigenvalue weighted by Gasteiger charge is 2.02. The lowest BCUT2D eigenvalue weighted by Gasteiger charge is -2.14. The van der Waals surface area contributed by atoms with Gasteiger partial charge in [-0.25, -0.2) is 0 Å². The molecule has 2 aromatic rings. The molecule has 0 atom stereocenters. The van der Waals surface area contributed by atoms with Crippen molar-refractivity contribution in [2.75, 3.05) is 5.43 Å². The van der Waals surface area contributed by atoms with E-state index in [0.717, 1.165) is 11.6 Å². The van der Waals surface area contributed by atoms with Gasteiger partial charge in [0.2, 0.25) is 0 Å². The summed E-state index contributed by atoms with van der Waals surface area (Å²) >= 11 is 5.94. The Morgan fingerprint density at radius 1 is 1.06 bits per heavy atom. The zero-order valence-electron chi connectivity index (χ0n) is 10.4. The molecule has 0 radical (unpaired) electrons. The van der Waals surface area contributed by atoms with E-state index in [2.05, 4.69) is 49.1 Å². The Labute approximate surface area is 107 Å². The van der Waals surface area contributed by atoms with E-state index in [0.29, 0.717) is 0 Å². The van der Waals surface area contributed by atoms with Crippen LogP contribution in [0.3, 0.4) is 0 Å². The van der Waals surface area contributed by atoms with Gasteiger partial charge in [-0.05, 0) is 56.2 Å². The zero-order valence-corrected chi connectivity index (χ0v) is 11.2. The fraction of sp³-hybridized carbons (Fsp3) is 0.286. The molecule has 0 aliphatic carbocycles. The van der Waals surface area contributed by atoms with E-state index in [1.165, 1.54) is 22.5 Å². The van der Waals surface area contributed by atoms with Crippen LogP contribution in [-0.4, -0.2) is 4.68 Å². The Morgan fingerprint density at radius 2 is 1.71 bits per heavy atom. The second-order valence-corrected chi connectivity index (χ2v) is 4.79. The standard InChI is InChI=1S/C14H17ClN2/c1-10-8-14(15)7-6-13(10)9-16-17-11(2)4-5-12(17)3/h4-8,16H,9H2,1-3H3. The van der Waals surface area contributed by atoms with Gasteiger partial charge < -0.3 is 5.43 Å². The normalized spacial score (nSPS) is 10.6. The number of aryl methyl sites for hydroxylation is 3. The van der Waals surface area contributed by atoms with Crippen molar-refractivity contribution in [3.05, 3.63) is 57.9 Å². The molecule has 1 heterocycles. The molecule has 0 saturated heterocycles. The average molecular weight is 249 g/mol. The topological polar surface area (TPSA) is 17.0 Å². The summed E-state index contributed by atoms with van der Waals surface area (Å²) < 4.78 is 2.11. The molecular formula is C14H17ClN2. The fourth-order valence-electron chi connectivity index (χ4n) is 1.94. The van der Waals surface area contributed by atoms with Gasteiger partial charge in [0.1, 0.15) is 0 Å². The van der Waals surface area contributed by atoms with Crippen LogP contribution in [0.5, 0.6) is 0 Å². The average Bonchev–Trinajstić information content (AvgIpc) is 2.58. The molecule has 17 heavy (non-hydrogen) atoms. The van der Waals surface area contributed by atoms with Crippen molar-refractivity contribution in [2.24, 2.45) is 0 Å². The number of benzene rings is 1. The molecule has 0 fully saturated rings.